The molecule has 17 nitrogen and oxygen atoms in total. The minimum atomic E-state index is -1.23. The zero-order valence-corrected chi connectivity index (χ0v) is 40.5. The van der Waals surface area contributed by atoms with Crippen LogP contribution < -0.4 is 21.4 Å². The number of amides is 4. The van der Waals surface area contributed by atoms with Gasteiger partial charge in [-0.1, -0.05) is 32.6 Å². The summed E-state index contributed by atoms with van der Waals surface area (Å²) in [4.78, 5) is 79.7. The molecule has 0 aliphatic carbocycles. The molecule has 0 radical (unpaired) electrons. The maximum absolute atomic E-state index is 14.7. The highest BCUT2D eigenvalue weighted by Crippen LogP contribution is 2.42. The number of hydrogen-bond donors (Lipinski definition) is 5. The molecule has 6 bridgehead atoms. The number of carbonyl (C=O) groups is 5. The maximum atomic E-state index is 14.7. The number of cyclic esters (lactones) is 1. The summed E-state index contributed by atoms with van der Waals surface area (Å²) in [6.45, 7) is 15.5. The van der Waals surface area contributed by atoms with Crippen LogP contribution in [-0.4, -0.2) is 125 Å². The highest BCUT2D eigenvalue weighted by atomic mass is 32.1. The minimum Gasteiger partial charge on any atom is -0.508 e. The van der Waals surface area contributed by atoms with Crippen LogP contribution in [0, 0.1) is 5.41 Å². The lowest BCUT2D eigenvalue weighted by Crippen LogP contribution is -2.61. The molecule has 2 aromatic heterocycles. The van der Waals surface area contributed by atoms with E-state index in [1.807, 2.05) is 25.3 Å². The van der Waals surface area contributed by atoms with Gasteiger partial charge in [-0.05, 0) is 105 Å². The van der Waals surface area contributed by atoms with Crippen LogP contribution in [0.5, 0.6) is 5.75 Å². The number of fused-ring (bicyclic) bond motifs is 6. The molecule has 2 aromatic carbocycles. The molecule has 0 unspecified atom stereocenters. The number of nitrogens with one attached hydrogen (secondary N) is 4. The van der Waals surface area contributed by atoms with Crippen molar-refractivity contribution in [3.05, 3.63) is 81.5 Å². The number of aliphatic imine (C=N–C) groups is 1. The number of benzene rings is 2. The van der Waals surface area contributed by atoms with Gasteiger partial charge in [-0.2, -0.15) is 0 Å². The lowest BCUT2D eigenvalue weighted by Gasteiger charge is -2.36. The Kier molecular flexibility index (Phi) is 14.0. The second-order valence-electron chi connectivity index (χ2n) is 19.0. The lowest BCUT2D eigenvalue weighted by molar-refractivity contribution is -0.155. The Labute approximate surface area is 400 Å². The molecular formula is C50H61N9O8S. The highest BCUT2D eigenvalue weighted by Gasteiger charge is 2.38. The summed E-state index contributed by atoms with van der Waals surface area (Å²) in [6.07, 6.45) is 4.68. The number of thiazole rings is 1. The number of anilines is 1. The van der Waals surface area contributed by atoms with Gasteiger partial charge in [0.2, 0.25) is 11.8 Å². The zero-order chi connectivity index (χ0) is 48.6. The van der Waals surface area contributed by atoms with Crippen molar-refractivity contribution >= 4 is 69.4 Å². The van der Waals surface area contributed by atoms with Gasteiger partial charge in [-0.3, -0.25) is 34.0 Å². The quantitative estimate of drug-likeness (QED) is 0.0731. The predicted octanol–water partition coefficient (Wildman–Crippen LogP) is 5.38. The highest BCUT2D eigenvalue weighted by molar-refractivity contribution is 7.12. The van der Waals surface area contributed by atoms with Crippen molar-refractivity contribution in [2.24, 2.45) is 10.4 Å². The Morgan fingerprint density at radius 1 is 1.16 bits per heavy atom. The van der Waals surface area contributed by atoms with Crippen molar-refractivity contribution in [2.45, 2.75) is 110 Å². The number of ether oxygens (including phenoxy) is 2. The van der Waals surface area contributed by atoms with E-state index in [0.717, 1.165) is 63.2 Å². The number of hydrogen-bond acceptors (Lipinski definition) is 13. The van der Waals surface area contributed by atoms with E-state index >= 15 is 0 Å². The molecule has 5 atom stereocenters. The normalized spacial score (nSPS) is 21.4. The third kappa shape index (κ3) is 10.1. The van der Waals surface area contributed by atoms with Crippen LogP contribution in [-0.2, 0) is 48.0 Å². The van der Waals surface area contributed by atoms with E-state index < -0.39 is 47.2 Å². The zero-order valence-electron chi connectivity index (χ0n) is 39.7. The molecule has 0 saturated carbocycles. The second kappa shape index (κ2) is 19.8. The number of esters is 1. The summed E-state index contributed by atoms with van der Waals surface area (Å²) in [5.41, 5.74) is 10.2. The lowest BCUT2D eigenvalue weighted by atomic mass is 9.83. The van der Waals surface area contributed by atoms with Crippen molar-refractivity contribution in [1.29, 1.82) is 0 Å². The molecule has 4 amide bonds. The van der Waals surface area contributed by atoms with Crippen LogP contribution in [0.2, 0.25) is 0 Å². The van der Waals surface area contributed by atoms with Gasteiger partial charge in [0.15, 0.2) is 5.01 Å². The van der Waals surface area contributed by atoms with E-state index in [1.165, 1.54) is 17.0 Å². The number of carbonyl (C=O) groups excluding carboxylic acids is 5. The molecule has 360 valence electrons. The molecule has 6 heterocycles. The standard InChI is InChI=1S/C50H61N9O8S/c1-9-58-39-15-14-30-22-34(39)35(43(58)33-12-10-16-51-41(33)28(4)66-8)23-50(5,6)26-67-49(65)36-13-11-17-59(56-36)47(63)37(20-29-18-31(30)21-32(60)19-29)53-45(62)42(27(2)3)57(7)48(64)46-55-40(25-68-46)54-44(61)38-24-52-38/h14-16,18-19,21-22,25,28,36-38,42,52,56,60H,2,9-13,17,20,23-24,26H2,1,3-8H3,(H,53,62)(H,54,61)/t28-,36-,37-,38+,42-/m0/s1. The molecule has 2 saturated heterocycles. The SMILES string of the molecule is C=C(C)[C@@H](C(=O)N[C@H]1Cc2cc(O)cc(c2)-c2ccc3c(c2)c(c(C2=C([C@H](C)OC)N=CCC2)n3CC)CC(C)(C)COC(=O)[C@@H]2CCCN(N2)C1=O)N(C)C(=O)c1nc(NC(=O)[C@H]2CN2)cs1. The summed E-state index contributed by atoms with van der Waals surface area (Å²) in [7, 11) is 3.14. The number of allylic oxidation sites excluding steroid dienone is 1. The maximum Gasteiger partial charge on any atom is 0.324 e. The van der Waals surface area contributed by atoms with Crippen molar-refractivity contribution in [3.8, 4) is 16.9 Å². The Hall–Kier alpha value is -6.21. The third-order valence-electron chi connectivity index (χ3n) is 13.0. The average molecular weight is 948 g/mol. The minimum absolute atomic E-state index is 0.0300. The molecule has 5 N–H and O–H groups in total. The van der Waals surface area contributed by atoms with E-state index in [1.54, 1.807) is 31.5 Å². The fourth-order valence-electron chi connectivity index (χ4n) is 9.47. The van der Waals surface area contributed by atoms with E-state index in [2.05, 4.69) is 70.4 Å². The van der Waals surface area contributed by atoms with Gasteiger partial charge < -0.3 is 40.0 Å². The summed E-state index contributed by atoms with van der Waals surface area (Å²) in [5.74, 6) is -2.35. The van der Waals surface area contributed by atoms with Crippen LogP contribution >= 0.6 is 11.3 Å². The van der Waals surface area contributed by atoms with Gasteiger partial charge >= 0.3 is 5.97 Å². The predicted molar refractivity (Wildman–Crippen MR) is 261 cm³/mol. The van der Waals surface area contributed by atoms with Gasteiger partial charge in [0.05, 0.1) is 30.1 Å². The fraction of sp³-hybridized carbons (Fsp3) is 0.460. The smallest absolute Gasteiger partial charge is 0.324 e. The first-order valence-electron chi connectivity index (χ1n) is 23.2. The summed E-state index contributed by atoms with van der Waals surface area (Å²) < 4.78 is 14.3. The Morgan fingerprint density at radius 2 is 1.94 bits per heavy atom. The van der Waals surface area contributed by atoms with Crippen LogP contribution in [0.4, 0.5) is 5.82 Å². The van der Waals surface area contributed by atoms with Crippen molar-refractivity contribution < 1.29 is 38.6 Å². The average Bonchev–Trinajstić information content (AvgIpc) is 4.01. The number of aromatic hydroxyl groups is 1. The first-order chi connectivity index (χ1) is 32.5. The number of aromatic nitrogens is 2. The topological polar surface area (TPSA) is 219 Å². The summed E-state index contributed by atoms with van der Waals surface area (Å²) in [6, 6.07) is 7.80. The summed E-state index contributed by atoms with van der Waals surface area (Å²) in [5, 5.41) is 23.8. The van der Waals surface area contributed by atoms with Gasteiger partial charge in [0, 0.05) is 73.7 Å². The second-order valence-corrected chi connectivity index (χ2v) is 19.8. The number of hydrazine groups is 1. The van der Waals surface area contributed by atoms with Gasteiger partial charge in [-0.25, -0.2) is 10.4 Å². The van der Waals surface area contributed by atoms with Crippen molar-refractivity contribution in [1.82, 2.24) is 35.5 Å². The monoisotopic (exact) mass is 947 g/mol. The van der Waals surface area contributed by atoms with Crippen LogP contribution in [0.3, 0.4) is 0 Å². The number of phenols is 1. The van der Waals surface area contributed by atoms with E-state index in [-0.39, 0.29) is 54.2 Å². The number of likely N-dealkylation sites (N-methyl/N-ethyl adjacent to an activating group) is 1. The van der Waals surface area contributed by atoms with Crippen LogP contribution in [0.15, 0.2) is 64.6 Å². The van der Waals surface area contributed by atoms with Crippen LogP contribution in [0.25, 0.3) is 27.6 Å². The summed E-state index contributed by atoms with van der Waals surface area (Å²) >= 11 is 1.02. The van der Waals surface area contributed by atoms with Crippen LogP contribution in [0.1, 0.15) is 86.9 Å². The molecule has 0 spiro atoms. The van der Waals surface area contributed by atoms with E-state index in [0.29, 0.717) is 49.1 Å². The molecule has 4 aromatic rings. The first kappa shape index (κ1) is 48.3. The van der Waals surface area contributed by atoms with Gasteiger partial charge in [-0.15, -0.1) is 11.3 Å². The largest absolute Gasteiger partial charge is 0.508 e. The van der Waals surface area contributed by atoms with E-state index in [9.17, 15) is 29.1 Å². The molecule has 4 aliphatic heterocycles. The Morgan fingerprint density at radius 3 is 2.66 bits per heavy atom. The van der Waals surface area contributed by atoms with Crippen molar-refractivity contribution in [2.75, 3.05) is 39.2 Å². The number of rotatable bonds is 11. The Balaban J connectivity index is 1.18. The number of aryl methyl sites for hydroxylation is 1. The number of nitrogens with zero attached hydrogens (tertiary/aromatic N) is 5. The Bertz CT molecular complexity index is 2730. The molecule has 18 heteroatoms. The third-order valence-corrected chi connectivity index (χ3v) is 13.9. The molecule has 2 fully saturated rings. The van der Waals surface area contributed by atoms with Gasteiger partial charge in [0.25, 0.3) is 11.8 Å². The number of methoxy groups -OCH3 is 1. The van der Waals surface area contributed by atoms with E-state index in [4.69, 9.17) is 14.5 Å². The first-order valence-corrected chi connectivity index (χ1v) is 24.1. The fourth-order valence-corrected chi connectivity index (χ4v) is 10.2. The molecule has 8 rings (SSSR count). The van der Waals surface area contributed by atoms with Gasteiger partial charge in [0.1, 0.15) is 29.7 Å². The number of phenolic OH excluding ortho intramolecular Hbond substituents is 1. The molecule has 4 aliphatic rings. The molecular weight excluding hydrogens is 887 g/mol. The molecule has 68 heavy (non-hydrogen) atoms. The van der Waals surface area contributed by atoms with Crippen molar-refractivity contribution in [3.63, 3.8) is 0 Å².